The Morgan fingerprint density at radius 3 is 2.23 bits per heavy atom. The molecule has 0 unspecified atom stereocenters. The molecule has 0 saturated carbocycles. The number of rotatable bonds is 7. The molecule has 0 heterocycles. The van der Waals surface area contributed by atoms with E-state index in [0.29, 0.717) is 28.4 Å². The number of halogens is 1. The molecule has 0 saturated heterocycles. The van der Waals surface area contributed by atoms with Gasteiger partial charge in [0.2, 0.25) is 5.78 Å². The van der Waals surface area contributed by atoms with Crippen LogP contribution < -0.4 is 0 Å². The molecule has 1 aromatic carbocycles. The summed E-state index contributed by atoms with van der Waals surface area (Å²) in [7, 11) is 0. The van der Waals surface area contributed by atoms with E-state index >= 15 is 0 Å². The predicted octanol–water partition coefficient (Wildman–Crippen LogP) is 4.16. The van der Waals surface area contributed by atoms with Crippen molar-refractivity contribution in [2.45, 2.75) is 39.8 Å². The lowest BCUT2D eigenvalue weighted by atomic mass is 10.1. The van der Waals surface area contributed by atoms with Crippen LogP contribution in [0.4, 0.5) is 0 Å². The third-order valence-electron chi connectivity index (χ3n) is 3.31. The highest BCUT2D eigenvalue weighted by atomic mass is 35.5. The molecule has 0 bridgehead atoms. The Kier molecular flexibility index (Phi) is 7.93. The van der Waals surface area contributed by atoms with Crippen molar-refractivity contribution in [3.05, 3.63) is 34.9 Å². The van der Waals surface area contributed by atoms with Crippen molar-refractivity contribution in [3.63, 3.8) is 0 Å². The van der Waals surface area contributed by atoms with E-state index in [0.717, 1.165) is 6.54 Å². The SMILES string of the molecule is CC(C)N(CCS/C(=N\O)C(=O)c1ccc(Cl)cc1)C(C)C. The Morgan fingerprint density at radius 1 is 1.23 bits per heavy atom. The summed E-state index contributed by atoms with van der Waals surface area (Å²) < 4.78 is 0. The standard InChI is InChI=1S/C16H23ClN2O2S/c1-11(2)19(12(3)4)9-10-22-16(18-21)15(20)13-5-7-14(17)8-6-13/h5-8,11-12,21H,9-10H2,1-4H3/b18-16-. The maximum atomic E-state index is 12.3. The van der Waals surface area contributed by atoms with E-state index in [1.54, 1.807) is 24.3 Å². The summed E-state index contributed by atoms with van der Waals surface area (Å²) in [4.78, 5) is 14.6. The summed E-state index contributed by atoms with van der Waals surface area (Å²) in [6.45, 7) is 9.40. The zero-order valence-corrected chi connectivity index (χ0v) is 15.0. The summed E-state index contributed by atoms with van der Waals surface area (Å²) in [5.74, 6) is 0.402. The van der Waals surface area contributed by atoms with Crippen LogP contribution in [0.5, 0.6) is 0 Å². The van der Waals surface area contributed by atoms with Gasteiger partial charge < -0.3 is 5.21 Å². The van der Waals surface area contributed by atoms with Gasteiger partial charge in [-0.3, -0.25) is 9.69 Å². The van der Waals surface area contributed by atoms with Crippen LogP contribution in [0.1, 0.15) is 38.1 Å². The number of hydrogen-bond acceptors (Lipinski definition) is 5. The number of oxime groups is 1. The van der Waals surface area contributed by atoms with Crippen molar-refractivity contribution < 1.29 is 10.0 Å². The second kappa shape index (κ2) is 9.18. The van der Waals surface area contributed by atoms with Crippen molar-refractivity contribution in [2.75, 3.05) is 12.3 Å². The van der Waals surface area contributed by atoms with Gasteiger partial charge in [-0.05, 0) is 52.0 Å². The molecule has 1 rings (SSSR count). The fraction of sp³-hybridized carbons (Fsp3) is 0.500. The topological polar surface area (TPSA) is 52.9 Å². The molecule has 1 aromatic rings. The molecule has 0 fully saturated rings. The lowest BCUT2D eigenvalue weighted by Gasteiger charge is -2.30. The number of nitrogens with zero attached hydrogens (tertiary/aromatic N) is 2. The van der Waals surface area contributed by atoms with Gasteiger partial charge in [0.05, 0.1) is 0 Å². The fourth-order valence-corrected chi connectivity index (χ4v) is 3.15. The van der Waals surface area contributed by atoms with Gasteiger partial charge in [0, 0.05) is 35.0 Å². The van der Waals surface area contributed by atoms with Crippen molar-refractivity contribution in [1.29, 1.82) is 0 Å². The van der Waals surface area contributed by atoms with Crippen LogP contribution in [0.15, 0.2) is 29.4 Å². The number of benzene rings is 1. The first-order valence-electron chi connectivity index (χ1n) is 7.27. The lowest BCUT2D eigenvalue weighted by Crippen LogP contribution is -2.38. The number of hydrogen-bond donors (Lipinski definition) is 1. The zero-order valence-electron chi connectivity index (χ0n) is 13.4. The monoisotopic (exact) mass is 342 g/mol. The Hall–Kier alpha value is -1.04. The summed E-state index contributed by atoms with van der Waals surface area (Å²) in [6.07, 6.45) is 0. The summed E-state index contributed by atoms with van der Waals surface area (Å²) in [5, 5.41) is 12.9. The fourth-order valence-electron chi connectivity index (χ4n) is 2.22. The highest BCUT2D eigenvalue weighted by Crippen LogP contribution is 2.15. The van der Waals surface area contributed by atoms with E-state index in [9.17, 15) is 4.79 Å². The first kappa shape index (κ1) is 19.0. The molecule has 0 aliphatic carbocycles. The third kappa shape index (κ3) is 5.63. The first-order chi connectivity index (χ1) is 10.4. The highest BCUT2D eigenvalue weighted by molar-refractivity contribution is 8.15. The molecule has 0 spiro atoms. The molecule has 4 nitrogen and oxygen atoms in total. The van der Waals surface area contributed by atoms with Gasteiger partial charge >= 0.3 is 0 Å². The molecular formula is C16H23ClN2O2S. The molecule has 6 heteroatoms. The minimum absolute atomic E-state index is 0.106. The maximum Gasteiger partial charge on any atom is 0.221 e. The van der Waals surface area contributed by atoms with Crippen molar-refractivity contribution >= 4 is 34.2 Å². The summed E-state index contributed by atoms with van der Waals surface area (Å²) in [6, 6.07) is 7.42. The van der Waals surface area contributed by atoms with Gasteiger partial charge in [0.25, 0.3) is 0 Å². The van der Waals surface area contributed by atoms with Crippen molar-refractivity contribution in [3.8, 4) is 0 Å². The van der Waals surface area contributed by atoms with Crippen LogP contribution in [0, 0.1) is 0 Å². The second-order valence-corrected chi connectivity index (χ2v) is 7.04. The molecule has 0 aliphatic heterocycles. The smallest absolute Gasteiger partial charge is 0.221 e. The minimum Gasteiger partial charge on any atom is -0.410 e. The second-order valence-electron chi connectivity index (χ2n) is 5.51. The number of carbonyl (C=O) groups is 1. The number of ketones is 1. The van der Waals surface area contributed by atoms with Crippen LogP contribution in [-0.2, 0) is 0 Å². The van der Waals surface area contributed by atoms with Gasteiger partial charge in [-0.2, -0.15) is 0 Å². The van der Waals surface area contributed by atoms with Gasteiger partial charge in [-0.25, -0.2) is 0 Å². The van der Waals surface area contributed by atoms with Gasteiger partial charge in [-0.1, -0.05) is 28.5 Å². The van der Waals surface area contributed by atoms with E-state index in [-0.39, 0.29) is 10.8 Å². The largest absolute Gasteiger partial charge is 0.410 e. The molecule has 1 N–H and O–H groups in total. The van der Waals surface area contributed by atoms with Gasteiger partial charge in [-0.15, -0.1) is 0 Å². The highest BCUT2D eigenvalue weighted by Gasteiger charge is 2.18. The average molecular weight is 343 g/mol. The van der Waals surface area contributed by atoms with E-state index in [4.69, 9.17) is 16.8 Å². The quantitative estimate of drug-likeness (QED) is 0.266. The van der Waals surface area contributed by atoms with E-state index in [2.05, 4.69) is 37.8 Å². The van der Waals surface area contributed by atoms with Crippen molar-refractivity contribution in [2.24, 2.45) is 5.16 Å². The minimum atomic E-state index is -0.287. The van der Waals surface area contributed by atoms with Crippen LogP contribution in [-0.4, -0.2) is 45.3 Å². The number of thioether (sulfide) groups is 1. The van der Waals surface area contributed by atoms with Crippen LogP contribution in [0.25, 0.3) is 0 Å². The van der Waals surface area contributed by atoms with E-state index in [1.807, 2.05) is 0 Å². The Bertz CT molecular complexity index is 507. The summed E-state index contributed by atoms with van der Waals surface area (Å²) in [5.41, 5.74) is 0.467. The van der Waals surface area contributed by atoms with Crippen LogP contribution >= 0.6 is 23.4 Å². The molecule has 0 amide bonds. The Labute approximate surface area is 141 Å². The molecule has 0 aliphatic rings. The van der Waals surface area contributed by atoms with Gasteiger partial charge in [0.15, 0.2) is 5.04 Å². The predicted molar refractivity (Wildman–Crippen MR) is 94.4 cm³/mol. The lowest BCUT2D eigenvalue weighted by molar-refractivity contribution is 0.106. The average Bonchev–Trinajstić information content (AvgIpc) is 2.46. The number of carbonyl (C=O) groups excluding carboxylic acids is 1. The summed E-state index contributed by atoms with van der Waals surface area (Å²) >= 11 is 7.07. The van der Waals surface area contributed by atoms with Crippen molar-refractivity contribution in [1.82, 2.24) is 4.90 Å². The third-order valence-corrected chi connectivity index (χ3v) is 4.49. The molecular weight excluding hydrogens is 320 g/mol. The van der Waals surface area contributed by atoms with Gasteiger partial charge in [0.1, 0.15) is 0 Å². The van der Waals surface area contributed by atoms with Crippen LogP contribution in [0.3, 0.4) is 0 Å². The van der Waals surface area contributed by atoms with E-state index < -0.39 is 0 Å². The normalized spacial score (nSPS) is 12.5. The molecule has 0 atom stereocenters. The zero-order chi connectivity index (χ0) is 16.7. The number of Topliss-reactive ketones (excluding diaryl/α,β-unsaturated/α-hetero) is 1. The molecule has 0 radical (unpaired) electrons. The first-order valence-corrected chi connectivity index (χ1v) is 8.64. The molecule has 22 heavy (non-hydrogen) atoms. The van der Waals surface area contributed by atoms with E-state index in [1.165, 1.54) is 11.8 Å². The van der Waals surface area contributed by atoms with Crippen LogP contribution in [0.2, 0.25) is 5.02 Å². The molecule has 122 valence electrons. The molecule has 0 aromatic heterocycles. The Morgan fingerprint density at radius 2 is 1.77 bits per heavy atom. The Balaban J connectivity index is 2.62. The maximum absolute atomic E-state index is 12.3.